The maximum Gasteiger partial charge on any atom is 0.336 e. The quantitative estimate of drug-likeness (QED) is 0.778. The zero-order valence-electron chi connectivity index (χ0n) is 17.7. The average Bonchev–Trinajstić information content (AvgIpc) is 2.64. The maximum atomic E-state index is 12.6. The molecular weight excluding hydrogens is 368 g/mol. The number of rotatable bonds is 3. The van der Waals surface area contributed by atoms with E-state index in [9.17, 15) is 14.7 Å². The summed E-state index contributed by atoms with van der Waals surface area (Å²) in [5.41, 5.74) is -1.32. The molecule has 156 valence electrons. The molecule has 0 amide bonds. The number of carbonyl (C=O) groups is 1. The summed E-state index contributed by atoms with van der Waals surface area (Å²) >= 11 is 0. The molecule has 29 heavy (non-hydrogen) atoms. The topological polar surface area (TPSA) is 76.7 Å². The zero-order valence-corrected chi connectivity index (χ0v) is 17.7. The van der Waals surface area contributed by atoms with E-state index in [1.165, 1.54) is 6.07 Å². The summed E-state index contributed by atoms with van der Waals surface area (Å²) in [5, 5.41) is 12.1. The van der Waals surface area contributed by atoms with Crippen molar-refractivity contribution in [2.75, 3.05) is 6.61 Å². The Hall–Kier alpha value is -2.14. The van der Waals surface area contributed by atoms with Crippen LogP contribution in [0.2, 0.25) is 0 Å². The summed E-state index contributed by atoms with van der Waals surface area (Å²) in [6.45, 7) is 8.58. The standard InChI is InChI=1S/C24H30O5/c1-22(2)18-9-12-24(4,27)19(23(18,3)11-10-20(22)25)14-28-16-7-5-15-6-8-21(26)29-17(15)13-16/h5-8,13,18-19,27H,9-12,14H2,1-4H3/t18-,19+,23-,24+/m1/s1. The van der Waals surface area contributed by atoms with Crippen LogP contribution in [0.15, 0.2) is 39.5 Å². The van der Waals surface area contributed by atoms with Crippen molar-refractivity contribution >= 4 is 16.8 Å². The lowest BCUT2D eigenvalue weighted by atomic mass is 9.45. The van der Waals surface area contributed by atoms with E-state index in [0.717, 1.165) is 18.2 Å². The summed E-state index contributed by atoms with van der Waals surface area (Å²) in [5.74, 6) is 1.06. The highest BCUT2D eigenvalue weighted by Crippen LogP contribution is 2.60. The fourth-order valence-electron chi connectivity index (χ4n) is 6.01. The molecule has 5 nitrogen and oxygen atoms in total. The Morgan fingerprint density at radius 3 is 2.59 bits per heavy atom. The van der Waals surface area contributed by atoms with Crippen LogP contribution in [0.4, 0.5) is 0 Å². The van der Waals surface area contributed by atoms with Crippen molar-refractivity contribution < 1.29 is 19.1 Å². The van der Waals surface area contributed by atoms with Crippen molar-refractivity contribution in [3.63, 3.8) is 0 Å². The van der Waals surface area contributed by atoms with Crippen molar-refractivity contribution in [2.24, 2.45) is 22.7 Å². The lowest BCUT2D eigenvalue weighted by Gasteiger charge is -2.60. The third-order valence-electron chi connectivity index (χ3n) is 7.77. The molecule has 4 rings (SSSR count). The van der Waals surface area contributed by atoms with Crippen molar-refractivity contribution in [3.05, 3.63) is 40.8 Å². The normalized spacial score (nSPS) is 34.0. The van der Waals surface area contributed by atoms with E-state index in [2.05, 4.69) is 20.8 Å². The van der Waals surface area contributed by atoms with Crippen LogP contribution in [-0.2, 0) is 4.79 Å². The Labute approximate surface area is 171 Å². The summed E-state index contributed by atoms with van der Waals surface area (Å²) in [7, 11) is 0. The van der Waals surface area contributed by atoms with E-state index in [-0.39, 0.29) is 22.7 Å². The van der Waals surface area contributed by atoms with Crippen molar-refractivity contribution in [2.45, 2.75) is 59.0 Å². The molecule has 2 aliphatic rings. The zero-order chi connectivity index (χ0) is 21.0. The van der Waals surface area contributed by atoms with Gasteiger partial charge in [0.1, 0.15) is 17.1 Å². The number of fused-ring (bicyclic) bond motifs is 2. The van der Waals surface area contributed by atoms with Crippen LogP contribution in [0.3, 0.4) is 0 Å². The van der Waals surface area contributed by atoms with E-state index in [0.29, 0.717) is 36.6 Å². The van der Waals surface area contributed by atoms with E-state index in [1.54, 1.807) is 12.1 Å². The smallest absolute Gasteiger partial charge is 0.336 e. The summed E-state index contributed by atoms with van der Waals surface area (Å²) in [4.78, 5) is 24.1. The molecule has 2 aromatic rings. The number of aliphatic hydroxyl groups is 1. The minimum Gasteiger partial charge on any atom is -0.493 e. The van der Waals surface area contributed by atoms with Crippen molar-refractivity contribution in [3.8, 4) is 5.75 Å². The average molecular weight is 398 g/mol. The molecule has 2 saturated carbocycles. The highest BCUT2D eigenvalue weighted by Gasteiger charge is 2.60. The van der Waals surface area contributed by atoms with Gasteiger partial charge < -0.3 is 14.3 Å². The van der Waals surface area contributed by atoms with Crippen molar-refractivity contribution in [1.29, 1.82) is 0 Å². The minimum absolute atomic E-state index is 0.0976. The van der Waals surface area contributed by atoms with Crippen LogP contribution >= 0.6 is 0 Å². The molecule has 0 unspecified atom stereocenters. The molecule has 1 aromatic carbocycles. The monoisotopic (exact) mass is 398 g/mol. The van der Waals surface area contributed by atoms with Gasteiger partial charge in [0, 0.05) is 35.3 Å². The summed E-state index contributed by atoms with van der Waals surface area (Å²) in [6.07, 6.45) is 2.83. The molecule has 0 spiro atoms. The first-order valence-electron chi connectivity index (χ1n) is 10.5. The Bertz CT molecular complexity index is 1000. The first kappa shape index (κ1) is 20.1. The fourth-order valence-corrected chi connectivity index (χ4v) is 6.01. The molecule has 1 aromatic heterocycles. The first-order chi connectivity index (χ1) is 13.5. The molecule has 0 aliphatic heterocycles. The van der Waals surface area contributed by atoms with E-state index in [1.807, 2.05) is 19.1 Å². The largest absolute Gasteiger partial charge is 0.493 e. The molecule has 2 fully saturated rings. The molecule has 1 N–H and O–H groups in total. The van der Waals surface area contributed by atoms with Gasteiger partial charge in [0.25, 0.3) is 0 Å². The van der Waals surface area contributed by atoms with Gasteiger partial charge in [-0.15, -0.1) is 0 Å². The van der Waals surface area contributed by atoms with Crippen LogP contribution in [0.1, 0.15) is 53.4 Å². The molecule has 2 aliphatic carbocycles. The van der Waals surface area contributed by atoms with Gasteiger partial charge >= 0.3 is 5.63 Å². The van der Waals surface area contributed by atoms with Crippen LogP contribution in [0.25, 0.3) is 11.0 Å². The van der Waals surface area contributed by atoms with E-state index in [4.69, 9.17) is 9.15 Å². The SMILES string of the molecule is CC1(C)C(=O)CC[C@]2(C)[C@@H]1CC[C@](C)(O)[C@H]2COc1ccc2ccc(=O)oc2c1. The first-order valence-corrected chi connectivity index (χ1v) is 10.5. The second kappa shape index (κ2) is 6.69. The Balaban J connectivity index is 1.62. The molecule has 5 heteroatoms. The Morgan fingerprint density at radius 1 is 1.10 bits per heavy atom. The van der Waals surface area contributed by atoms with Gasteiger partial charge in [0.05, 0.1) is 12.2 Å². The van der Waals surface area contributed by atoms with E-state index < -0.39 is 11.2 Å². The number of ketones is 1. The summed E-state index contributed by atoms with van der Waals surface area (Å²) in [6, 6.07) is 8.56. The number of ether oxygens (including phenoxy) is 1. The lowest BCUT2D eigenvalue weighted by Crippen LogP contribution is -2.61. The summed E-state index contributed by atoms with van der Waals surface area (Å²) < 4.78 is 11.4. The number of hydrogen-bond acceptors (Lipinski definition) is 5. The molecular formula is C24H30O5. The highest BCUT2D eigenvalue weighted by atomic mass is 16.5. The van der Waals surface area contributed by atoms with E-state index >= 15 is 0 Å². The molecule has 0 bridgehead atoms. The Morgan fingerprint density at radius 2 is 1.83 bits per heavy atom. The van der Waals surface area contributed by atoms with Crippen LogP contribution in [0, 0.1) is 22.7 Å². The number of hydrogen-bond donors (Lipinski definition) is 1. The number of Topliss-reactive ketones (excluding diaryl/α,β-unsaturated/α-hetero) is 1. The molecule has 0 radical (unpaired) electrons. The predicted molar refractivity (Wildman–Crippen MR) is 111 cm³/mol. The third-order valence-corrected chi connectivity index (χ3v) is 7.77. The second-order valence-corrected chi connectivity index (χ2v) is 9.92. The Kier molecular flexibility index (Phi) is 4.65. The lowest BCUT2D eigenvalue weighted by molar-refractivity contribution is -0.182. The van der Waals surface area contributed by atoms with Gasteiger partial charge in [0.15, 0.2) is 0 Å². The number of carbonyl (C=O) groups excluding carboxylic acids is 1. The van der Waals surface area contributed by atoms with Gasteiger partial charge in [0.2, 0.25) is 0 Å². The molecule has 1 heterocycles. The van der Waals surface area contributed by atoms with Gasteiger partial charge in [-0.2, -0.15) is 0 Å². The molecule has 4 atom stereocenters. The predicted octanol–water partition coefficient (Wildman–Crippen LogP) is 4.34. The highest BCUT2D eigenvalue weighted by molar-refractivity contribution is 5.85. The second-order valence-electron chi connectivity index (χ2n) is 9.92. The number of benzene rings is 1. The van der Waals surface area contributed by atoms with Gasteiger partial charge in [-0.25, -0.2) is 4.79 Å². The van der Waals surface area contributed by atoms with Gasteiger partial charge in [-0.1, -0.05) is 20.8 Å². The fraction of sp³-hybridized carbons (Fsp3) is 0.583. The van der Waals surface area contributed by atoms with Crippen LogP contribution in [-0.4, -0.2) is 23.1 Å². The minimum atomic E-state index is -0.856. The third kappa shape index (κ3) is 3.29. The van der Waals surface area contributed by atoms with Crippen molar-refractivity contribution in [1.82, 2.24) is 0 Å². The maximum absolute atomic E-state index is 12.6. The van der Waals surface area contributed by atoms with Crippen LogP contribution < -0.4 is 10.4 Å². The van der Waals surface area contributed by atoms with Gasteiger partial charge in [-0.05, 0) is 55.7 Å². The van der Waals surface area contributed by atoms with Gasteiger partial charge in [-0.3, -0.25) is 4.79 Å². The molecule has 0 saturated heterocycles. The van der Waals surface area contributed by atoms with Crippen LogP contribution in [0.5, 0.6) is 5.75 Å².